The number of methoxy groups -OCH3 is 1. The van der Waals surface area contributed by atoms with E-state index in [1.165, 1.54) is 7.11 Å². The zero-order valence-electron chi connectivity index (χ0n) is 10.3. The first-order valence-electron chi connectivity index (χ1n) is 5.35. The highest BCUT2D eigenvalue weighted by Crippen LogP contribution is 2.37. The van der Waals surface area contributed by atoms with Crippen LogP contribution in [0.3, 0.4) is 0 Å². The van der Waals surface area contributed by atoms with Crippen LogP contribution >= 0.6 is 0 Å². The Morgan fingerprint density at radius 3 is 2.78 bits per heavy atom. The maximum atomic E-state index is 10.9. The number of aromatic nitrogens is 1. The molecule has 0 aliphatic carbocycles. The van der Waals surface area contributed by atoms with E-state index >= 15 is 0 Å². The molecule has 0 saturated carbocycles. The molecule has 0 unspecified atom stereocenters. The number of rotatable bonds is 1. The summed E-state index contributed by atoms with van der Waals surface area (Å²) in [6, 6.07) is 3.74. The zero-order valence-corrected chi connectivity index (χ0v) is 10.3. The highest BCUT2D eigenvalue weighted by Gasteiger charge is 2.13. The van der Waals surface area contributed by atoms with Crippen molar-refractivity contribution in [3.63, 3.8) is 0 Å². The lowest BCUT2D eigenvalue weighted by Crippen LogP contribution is -1.89. The fourth-order valence-electron chi connectivity index (χ4n) is 1.71. The summed E-state index contributed by atoms with van der Waals surface area (Å²) in [4.78, 5) is 13.7. The molecule has 18 heavy (non-hydrogen) atoms. The lowest BCUT2D eigenvalue weighted by Gasteiger charge is -2.00. The molecule has 0 atom stereocenters. The number of nitrogens with zero attached hydrogens (tertiary/aromatic N) is 2. The van der Waals surface area contributed by atoms with E-state index in [2.05, 4.69) is 19.9 Å². The van der Waals surface area contributed by atoms with Gasteiger partial charge in [0.1, 0.15) is 0 Å². The first-order valence-corrected chi connectivity index (χ1v) is 5.35. The van der Waals surface area contributed by atoms with Crippen LogP contribution in [0.5, 0.6) is 5.88 Å². The van der Waals surface area contributed by atoms with Gasteiger partial charge in [-0.1, -0.05) is 17.2 Å². The number of ether oxygens (including phenoxy) is 1. The van der Waals surface area contributed by atoms with Crippen LogP contribution < -0.4 is 0 Å². The molecule has 1 aromatic heterocycles. The van der Waals surface area contributed by atoms with Gasteiger partial charge >= 0.3 is 6.09 Å². The van der Waals surface area contributed by atoms with E-state index in [0.717, 1.165) is 16.6 Å². The Morgan fingerprint density at radius 2 is 2.11 bits per heavy atom. The van der Waals surface area contributed by atoms with Crippen LogP contribution in [0.1, 0.15) is 11.1 Å². The van der Waals surface area contributed by atoms with Crippen LogP contribution in [-0.2, 0) is 4.74 Å². The standard InChI is InChI=1S/C12H13N3O3/c1-6-4-5-8-9(7(6)2)13-11(16)10(8)14-15-12(17)18-3/h4-5,13,16H,1-3H3. The van der Waals surface area contributed by atoms with Crippen molar-refractivity contribution in [2.45, 2.75) is 13.8 Å². The molecule has 0 bridgehead atoms. The van der Waals surface area contributed by atoms with Gasteiger partial charge in [-0.2, -0.15) is 0 Å². The Hall–Kier alpha value is -2.37. The number of aryl methyl sites for hydroxylation is 2. The second-order valence-corrected chi connectivity index (χ2v) is 3.92. The van der Waals surface area contributed by atoms with Gasteiger partial charge in [0, 0.05) is 5.39 Å². The Kier molecular flexibility index (Phi) is 3.01. The number of fused-ring (bicyclic) bond motifs is 1. The number of carbonyl (C=O) groups excluding carboxylic acids is 1. The molecule has 2 rings (SSSR count). The van der Waals surface area contributed by atoms with Gasteiger partial charge in [0.15, 0.2) is 5.69 Å². The molecule has 1 aromatic carbocycles. The monoisotopic (exact) mass is 247 g/mol. The van der Waals surface area contributed by atoms with Crippen LogP contribution in [0, 0.1) is 13.8 Å². The molecule has 1 amide bonds. The van der Waals surface area contributed by atoms with Crippen molar-refractivity contribution in [3.8, 4) is 5.88 Å². The predicted octanol–water partition coefficient (Wildman–Crippen LogP) is 3.34. The van der Waals surface area contributed by atoms with Crippen molar-refractivity contribution < 1.29 is 14.6 Å². The van der Waals surface area contributed by atoms with Crippen LogP contribution in [-0.4, -0.2) is 23.3 Å². The van der Waals surface area contributed by atoms with E-state index in [1.807, 2.05) is 26.0 Å². The number of azo groups is 1. The lowest BCUT2D eigenvalue weighted by molar-refractivity contribution is 0.181. The second kappa shape index (κ2) is 4.48. The Labute approximate surface area is 103 Å². The Balaban J connectivity index is 2.58. The zero-order chi connectivity index (χ0) is 13.3. The number of carbonyl (C=O) groups is 1. The number of aromatic amines is 1. The van der Waals surface area contributed by atoms with Gasteiger partial charge in [-0.15, -0.1) is 5.11 Å². The molecule has 0 fully saturated rings. The number of nitrogens with one attached hydrogen (secondary N) is 1. The average Bonchev–Trinajstić information content (AvgIpc) is 2.68. The quantitative estimate of drug-likeness (QED) is 0.757. The molecular formula is C12H13N3O3. The second-order valence-electron chi connectivity index (χ2n) is 3.92. The summed E-state index contributed by atoms with van der Waals surface area (Å²) < 4.78 is 4.35. The third-order valence-corrected chi connectivity index (χ3v) is 2.86. The lowest BCUT2D eigenvalue weighted by atomic mass is 10.1. The molecule has 2 aromatic rings. The first-order chi connectivity index (χ1) is 8.54. The molecule has 6 heteroatoms. The largest absolute Gasteiger partial charge is 0.493 e. The van der Waals surface area contributed by atoms with Gasteiger partial charge in [-0.25, -0.2) is 4.79 Å². The number of aromatic hydroxyl groups is 1. The van der Waals surface area contributed by atoms with Crippen molar-refractivity contribution in [2.75, 3.05) is 7.11 Å². The van der Waals surface area contributed by atoms with E-state index in [9.17, 15) is 9.90 Å². The molecule has 1 heterocycles. The highest BCUT2D eigenvalue weighted by molar-refractivity contribution is 5.96. The smallest absolute Gasteiger partial charge is 0.452 e. The van der Waals surface area contributed by atoms with E-state index in [0.29, 0.717) is 5.39 Å². The minimum Gasteiger partial charge on any atom is -0.493 e. The van der Waals surface area contributed by atoms with Crippen molar-refractivity contribution in [1.82, 2.24) is 4.98 Å². The van der Waals surface area contributed by atoms with Gasteiger partial charge in [0.2, 0.25) is 5.88 Å². The number of H-pyrrole nitrogens is 1. The molecule has 6 nitrogen and oxygen atoms in total. The number of benzene rings is 1. The minimum atomic E-state index is -0.812. The predicted molar refractivity (Wildman–Crippen MR) is 66.4 cm³/mol. The molecule has 2 N–H and O–H groups in total. The normalized spacial score (nSPS) is 11.3. The van der Waals surface area contributed by atoms with Gasteiger partial charge in [0.05, 0.1) is 12.6 Å². The topological polar surface area (TPSA) is 87.0 Å². The summed E-state index contributed by atoms with van der Waals surface area (Å²) in [7, 11) is 1.21. The maximum absolute atomic E-state index is 10.9. The minimum absolute atomic E-state index is 0.119. The fourth-order valence-corrected chi connectivity index (χ4v) is 1.71. The highest BCUT2D eigenvalue weighted by atomic mass is 16.5. The summed E-state index contributed by atoms with van der Waals surface area (Å²) >= 11 is 0. The van der Waals surface area contributed by atoms with E-state index in [4.69, 9.17) is 0 Å². The van der Waals surface area contributed by atoms with Gasteiger partial charge in [0.25, 0.3) is 0 Å². The van der Waals surface area contributed by atoms with Crippen molar-refractivity contribution in [1.29, 1.82) is 0 Å². The number of hydrogen-bond donors (Lipinski definition) is 2. The molecule has 94 valence electrons. The Bertz CT molecular complexity index is 644. The molecular weight excluding hydrogens is 234 g/mol. The summed E-state index contributed by atoms with van der Waals surface area (Å²) in [5, 5.41) is 17.5. The maximum Gasteiger partial charge on any atom is 0.452 e. The van der Waals surface area contributed by atoms with E-state index in [-0.39, 0.29) is 11.6 Å². The summed E-state index contributed by atoms with van der Waals surface area (Å²) in [6.45, 7) is 3.91. The molecule has 0 saturated heterocycles. The van der Waals surface area contributed by atoms with E-state index in [1.54, 1.807) is 0 Å². The van der Waals surface area contributed by atoms with Crippen molar-refractivity contribution in [2.24, 2.45) is 10.2 Å². The number of hydrogen-bond acceptors (Lipinski definition) is 4. The molecule has 0 aliphatic rings. The third kappa shape index (κ3) is 1.92. The van der Waals surface area contributed by atoms with E-state index < -0.39 is 6.09 Å². The SMILES string of the molecule is COC(=O)N=Nc1c(O)[nH]c2c(C)c(C)ccc12. The fraction of sp³-hybridized carbons (Fsp3) is 0.250. The third-order valence-electron chi connectivity index (χ3n) is 2.86. The van der Waals surface area contributed by atoms with Crippen molar-refractivity contribution >= 4 is 22.7 Å². The molecule has 0 spiro atoms. The summed E-state index contributed by atoms with van der Waals surface area (Å²) in [5.41, 5.74) is 3.13. The molecule has 0 radical (unpaired) electrons. The van der Waals surface area contributed by atoms with Crippen LogP contribution in [0.15, 0.2) is 22.4 Å². The Morgan fingerprint density at radius 1 is 1.39 bits per heavy atom. The first kappa shape index (κ1) is 12.1. The van der Waals surface area contributed by atoms with Crippen molar-refractivity contribution in [3.05, 3.63) is 23.3 Å². The molecule has 0 aliphatic heterocycles. The van der Waals surface area contributed by atoms with Gasteiger partial charge in [-0.05, 0) is 25.0 Å². The summed E-state index contributed by atoms with van der Waals surface area (Å²) in [5.74, 6) is -0.119. The summed E-state index contributed by atoms with van der Waals surface area (Å²) in [6.07, 6.45) is -0.812. The average molecular weight is 247 g/mol. The van der Waals surface area contributed by atoms with Gasteiger partial charge < -0.3 is 14.8 Å². The van der Waals surface area contributed by atoms with Crippen LogP contribution in [0.2, 0.25) is 0 Å². The van der Waals surface area contributed by atoms with Crippen LogP contribution in [0.25, 0.3) is 10.9 Å². The number of amides is 1. The van der Waals surface area contributed by atoms with Gasteiger partial charge in [-0.3, -0.25) is 0 Å². The van der Waals surface area contributed by atoms with Crippen LogP contribution in [0.4, 0.5) is 10.5 Å².